The van der Waals surface area contributed by atoms with E-state index in [1.54, 1.807) is 18.2 Å². The molecular weight excluding hydrogens is 564 g/mol. The molecule has 0 aliphatic carbocycles. The Balaban J connectivity index is 1.46. The van der Waals surface area contributed by atoms with Crippen molar-refractivity contribution in [3.05, 3.63) is 66.0 Å². The number of amides is 1. The van der Waals surface area contributed by atoms with Gasteiger partial charge in [-0.25, -0.2) is 17.5 Å². The normalized spacial score (nSPS) is 14.7. The van der Waals surface area contributed by atoms with Crippen molar-refractivity contribution >= 4 is 67.2 Å². The third kappa shape index (κ3) is 6.41. The maximum absolute atomic E-state index is 13.5. The van der Waals surface area contributed by atoms with E-state index in [2.05, 4.69) is 4.72 Å². The minimum Gasteiger partial charge on any atom is -0.495 e. The van der Waals surface area contributed by atoms with Gasteiger partial charge in [-0.2, -0.15) is 0 Å². The van der Waals surface area contributed by atoms with Crippen LogP contribution >= 0.6 is 34.8 Å². The molecule has 0 saturated carbocycles. The van der Waals surface area contributed by atoms with E-state index in [1.807, 2.05) is 23.1 Å². The van der Waals surface area contributed by atoms with Crippen LogP contribution < -0.4 is 14.4 Å². The van der Waals surface area contributed by atoms with Crippen molar-refractivity contribution in [3.63, 3.8) is 0 Å². The summed E-state index contributed by atoms with van der Waals surface area (Å²) in [5.74, 6) is -0.414. The van der Waals surface area contributed by atoms with Crippen LogP contribution in [0.3, 0.4) is 0 Å². The maximum Gasteiger partial charge on any atom is 0.274 e. The number of hydrogen-bond acceptors (Lipinski definition) is 5. The second-order valence-corrected chi connectivity index (χ2v) is 12.6. The summed E-state index contributed by atoms with van der Waals surface area (Å²) < 4.78 is 45.8. The van der Waals surface area contributed by atoms with E-state index in [-0.39, 0.29) is 17.3 Å². The summed E-state index contributed by atoms with van der Waals surface area (Å²) in [6.07, 6.45) is 0.435. The van der Waals surface area contributed by atoms with Crippen molar-refractivity contribution in [1.82, 2.24) is 9.62 Å². The topological polar surface area (TPSA) is 79.0 Å². The van der Waals surface area contributed by atoms with Gasteiger partial charge in [-0.15, -0.1) is 0 Å². The van der Waals surface area contributed by atoms with E-state index in [1.165, 1.54) is 30.2 Å². The molecule has 0 aromatic heterocycles. The number of hydrogen-bond donors (Lipinski definition) is 1. The molecule has 37 heavy (non-hydrogen) atoms. The van der Waals surface area contributed by atoms with Gasteiger partial charge >= 0.3 is 0 Å². The predicted molar refractivity (Wildman–Crippen MR) is 145 cm³/mol. The number of anilines is 1. The van der Waals surface area contributed by atoms with Gasteiger partial charge < -0.3 is 14.5 Å². The van der Waals surface area contributed by atoms with Crippen LogP contribution in [0.15, 0.2) is 59.5 Å². The first-order valence-corrected chi connectivity index (χ1v) is 14.1. The standard InChI is InChI=1S/C25H25Cl3FN3O4S/c1-36-23-8-6-20(16-22(23)31-11-13-32(14-12-31)24(33)25(26,27)28)37(34,35)30-10-9-17-3-2-4-18-15-19(29)5-7-21(17)18/h2-8,15-16,30H,9-14H2,1H3. The smallest absolute Gasteiger partial charge is 0.274 e. The molecule has 1 saturated heterocycles. The molecule has 1 aliphatic heterocycles. The van der Waals surface area contributed by atoms with Gasteiger partial charge in [0.25, 0.3) is 9.70 Å². The van der Waals surface area contributed by atoms with Crippen LogP contribution in [0, 0.1) is 5.82 Å². The molecule has 0 bridgehead atoms. The Bertz CT molecular complexity index is 1410. The van der Waals surface area contributed by atoms with Gasteiger partial charge in [0.05, 0.1) is 17.7 Å². The van der Waals surface area contributed by atoms with Gasteiger partial charge in [-0.3, -0.25) is 4.79 Å². The number of piperazine rings is 1. The summed E-state index contributed by atoms with van der Waals surface area (Å²) in [7, 11) is -2.33. The highest BCUT2D eigenvalue weighted by atomic mass is 35.6. The number of nitrogens with zero attached hydrogens (tertiary/aromatic N) is 2. The Hall–Kier alpha value is -2.30. The Morgan fingerprint density at radius 2 is 1.78 bits per heavy atom. The number of carbonyl (C=O) groups is 1. The molecule has 0 spiro atoms. The molecule has 3 aromatic rings. The van der Waals surface area contributed by atoms with Crippen LogP contribution in [-0.2, 0) is 21.2 Å². The molecule has 1 fully saturated rings. The average Bonchev–Trinajstić information content (AvgIpc) is 2.87. The highest BCUT2D eigenvalue weighted by Crippen LogP contribution is 2.33. The number of carbonyl (C=O) groups excluding carboxylic acids is 1. The number of nitrogens with one attached hydrogen (secondary N) is 1. The molecule has 12 heteroatoms. The Kier molecular flexibility index (Phi) is 8.40. The molecule has 1 N–H and O–H groups in total. The van der Waals surface area contributed by atoms with Crippen molar-refractivity contribution in [2.24, 2.45) is 0 Å². The maximum atomic E-state index is 13.5. The quantitative estimate of drug-likeness (QED) is 0.411. The average molecular weight is 589 g/mol. The Morgan fingerprint density at radius 3 is 2.46 bits per heavy atom. The lowest BCUT2D eigenvalue weighted by Gasteiger charge is -2.37. The molecule has 1 heterocycles. The minimum atomic E-state index is -3.83. The van der Waals surface area contributed by atoms with Crippen LogP contribution in [0.2, 0.25) is 0 Å². The summed E-state index contributed by atoms with van der Waals surface area (Å²) in [5.41, 5.74) is 1.50. The lowest BCUT2D eigenvalue weighted by molar-refractivity contribution is -0.130. The monoisotopic (exact) mass is 587 g/mol. The van der Waals surface area contributed by atoms with E-state index < -0.39 is 19.7 Å². The van der Waals surface area contributed by atoms with E-state index in [0.717, 1.165) is 16.3 Å². The van der Waals surface area contributed by atoms with Gasteiger partial charge in [0.15, 0.2) is 0 Å². The predicted octanol–water partition coefficient (Wildman–Crippen LogP) is 4.53. The highest BCUT2D eigenvalue weighted by Gasteiger charge is 2.36. The van der Waals surface area contributed by atoms with E-state index in [9.17, 15) is 17.6 Å². The SMILES string of the molecule is COc1ccc(S(=O)(=O)NCCc2cccc3cc(F)ccc23)cc1N1CCN(C(=O)C(Cl)(Cl)Cl)CC1. The molecule has 0 atom stereocenters. The van der Waals surface area contributed by atoms with Crippen LogP contribution in [0.4, 0.5) is 10.1 Å². The minimum absolute atomic E-state index is 0.0862. The first-order chi connectivity index (χ1) is 17.5. The summed E-state index contributed by atoms with van der Waals surface area (Å²) in [6.45, 7) is 1.58. The molecule has 7 nitrogen and oxygen atoms in total. The summed E-state index contributed by atoms with van der Waals surface area (Å²) in [5, 5.41) is 1.64. The van der Waals surface area contributed by atoms with Crippen LogP contribution in [0.25, 0.3) is 10.8 Å². The number of methoxy groups -OCH3 is 1. The third-order valence-electron chi connectivity index (χ3n) is 6.23. The highest BCUT2D eigenvalue weighted by molar-refractivity contribution is 7.89. The first-order valence-electron chi connectivity index (χ1n) is 11.5. The number of fused-ring (bicyclic) bond motifs is 1. The lowest BCUT2D eigenvalue weighted by atomic mass is 10.0. The molecule has 0 radical (unpaired) electrons. The van der Waals surface area contributed by atoms with E-state index in [4.69, 9.17) is 39.5 Å². The van der Waals surface area contributed by atoms with Crippen LogP contribution in [-0.4, -0.2) is 62.9 Å². The van der Waals surface area contributed by atoms with Crippen LogP contribution in [0.1, 0.15) is 5.56 Å². The summed E-state index contributed by atoms with van der Waals surface area (Å²) in [4.78, 5) is 15.7. The molecule has 0 unspecified atom stereocenters. The van der Waals surface area contributed by atoms with Crippen molar-refractivity contribution in [1.29, 1.82) is 0 Å². The Labute approximate surface area is 230 Å². The fraction of sp³-hybridized carbons (Fsp3) is 0.320. The number of sulfonamides is 1. The first kappa shape index (κ1) is 27.7. The van der Waals surface area contributed by atoms with Crippen molar-refractivity contribution < 1.29 is 22.3 Å². The lowest BCUT2D eigenvalue weighted by Crippen LogP contribution is -2.51. The van der Waals surface area contributed by atoms with Crippen molar-refractivity contribution in [2.45, 2.75) is 15.1 Å². The van der Waals surface area contributed by atoms with Crippen molar-refractivity contribution in [2.75, 3.05) is 44.7 Å². The fourth-order valence-corrected chi connectivity index (χ4v) is 5.77. The van der Waals surface area contributed by atoms with Crippen molar-refractivity contribution in [3.8, 4) is 5.75 Å². The Morgan fingerprint density at radius 1 is 1.05 bits per heavy atom. The van der Waals surface area contributed by atoms with Gasteiger partial charge in [-0.05, 0) is 53.1 Å². The number of halogens is 4. The zero-order valence-corrected chi connectivity index (χ0v) is 23.0. The molecule has 1 amide bonds. The molecule has 1 aliphatic rings. The zero-order chi connectivity index (χ0) is 26.8. The molecule has 198 valence electrons. The molecule has 3 aromatic carbocycles. The molecular formula is C25H25Cl3FN3O4S. The summed E-state index contributed by atoms with van der Waals surface area (Å²) in [6, 6.07) is 14.7. The van der Waals surface area contributed by atoms with Gasteiger partial charge in [0.1, 0.15) is 11.6 Å². The van der Waals surface area contributed by atoms with Crippen LogP contribution in [0.5, 0.6) is 5.75 Å². The van der Waals surface area contributed by atoms with Gasteiger partial charge in [0, 0.05) is 32.7 Å². The number of alkyl halides is 3. The largest absolute Gasteiger partial charge is 0.495 e. The second-order valence-electron chi connectivity index (χ2n) is 8.54. The second kappa shape index (κ2) is 11.2. The molecule has 4 rings (SSSR count). The fourth-order valence-electron chi connectivity index (χ4n) is 4.36. The van der Waals surface area contributed by atoms with Gasteiger partial charge in [-0.1, -0.05) is 59.1 Å². The van der Waals surface area contributed by atoms with Gasteiger partial charge in [0.2, 0.25) is 10.0 Å². The number of rotatable bonds is 7. The number of ether oxygens (including phenoxy) is 1. The number of benzene rings is 3. The third-order valence-corrected chi connectivity index (χ3v) is 8.17. The van der Waals surface area contributed by atoms with E-state index >= 15 is 0 Å². The van der Waals surface area contributed by atoms with E-state index in [0.29, 0.717) is 44.0 Å². The zero-order valence-electron chi connectivity index (χ0n) is 19.9. The summed E-state index contributed by atoms with van der Waals surface area (Å²) >= 11 is 17.2.